The van der Waals surface area contributed by atoms with E-state index < -0.39 is 17.4 Å². The van der Waals surface area contributed by atoms with Crippen LogP contribution in [0.15, 0.2) is 41.4 Å². The smallest absolute Gasteiger partial charge is 0.211 e. The molecule has 3 unspecified atom stereocenters. The summed E-state index contributed by atoms with van der Waals surface area (Å²) in [5.41, 5.74) is 5.88. The Hall–Kier alpha value is -2.02. The molecule has 2 aliphatic heterocycles. The Morgan fingerprint density at radius 1 is 1.39 bits per heavy atom. The number of Topliss-reactive ketones (excluding diaryl/α,β-unsaturated/α-hetero) is 1. The van der Waals surface area contributed by atoms with E-state index in [1.165, 1.54) is 0 Å². The van der Waals surface area contributed by atoms with Crippen LogP contribution in [0.25, 0.3) is 0 Å². The van der Waals surface area contributed by atoms with Gasteiger partial charge >= 0.3 is 0 Å². The molecule has 3 atom stereocenters. The standard InChI is InChI=1S/C17H19N3O3/c1-16(7-6-14-17(18,15(16)21)23-11-22-14)20-9-8-19-10-12-4-2-3-5-13(12)20/h2-7,10,14H,8-9,11,18H2,1H3. The van der Waals surface area contributed by atoms with Crippen molar-refractivity contribution in [2.24, 2.45) is 10.7 Å². The Balaban J connectivity index is 1.81. The fourth-order valence-electron chi connectivity index (χ4n) is 3.53. The third kappa shape index (κ3) is 1.99. The van der Waals surface area contributed by atoms with Crippen LogP contribution in [-0.4, -0.2) is 49.2 Å². The van der Waals surface area contributed by atoms with E-state index in [1.54, 1.807) is 0 Å². The first-order valence-electron chi connectivity index (χ1n) is 7.71. The van der Waals surface area contributed by atoms with Crippen LogP contribution in [0.5, 0.6) is 0 Å². The number of fused-ring (bicyclic) bond motifs is 2. The van der Waals surface area contributed by atoms with E-state index in [0.29, 0.717) is 13.1 Å². The molecule has 2 N–H and O–H groups in total. The summed E-state index contributed by atoms with van der Waals surface area (Å²) in [7, 11) is 0. The number of carbonyl (C=O) groups excluding carboxylic acids is 1. The predicted octanol–water partition coefficient (Wildman–Crippen LogP) is 0.851. The zero-order valence-corrected chi connectivity index (χ0v) is 12.9. The van der Waals surface area contributed by atoms with Crippen LogP contribution >= 0.6 is 0 Å². The average Bonchev–Trinajstić information content (AvgIpc) is 2.81. The summed E-state index contributed by atoms with van der Waals surface area (Å²) in [6.07, 6.45) is 5.04. The highest BCUT2D eigenvalue weighted by molar-refractivity contribution is 6.03. The van der Waals surface area contributed by atoms with Crippen molar-refractivity contribution in [3.63, 3.8) is 0 Å². The molecule has 0 aromatic heterocycles. The Labute approximate surface area is 134 Å². The third-order valence-electron chi connectivity index (χ3n) is 4.85. The zero-order chi connectivity index (χ0) is 16.1. The molecule has 0 saturated carbocycles. The predicted molar refractivity (Wildman–Crippen MR) is 86.5 cm³/mol. The number of hydrogen-bond acceptors (Lipinski definition) is 6. The number of nitrogens with two attached hydrogens (primary N) is 1. The maximum Gasteiger partial charge on any atom is 0.211 e. The molecule has 0 spiro atoms. The van der Waals surface area contributed by atoms with E-state index in [-0.39, 0.29) is 12.6 Å². The number of aliphatic imine (C=N–C) groups is 1. The van der Waals surface area contributed by atoms with Gasteiger partial charge in [0.25, 0.3) is 0 Å². The van der Waals surface area contributed by atoms with Crippen molar-refractivity contribution < 1.29 is 14.3 Å². The number of ketones is 1. The maximum atomic E-state index is 13.2. The highest BCUT2D eigenvalue weighted by atomic mass is 16.7. The first-order valence-corrected chi connectivity index (χ1v) is 7.71. The summed E-state index contributed by atoms with van der Waals surface area (Å²) in [6, 6.07) is 7.92. The number of para-hydroxylation sites is 1. The Kier molecular flexibility index (Phi) is 3.16. The quantitative estimate of drug-likeness (QED) is 0.778. The van der Waals surface area contributed by atoms with Crippen LogP contribution in [0.2, 0.25) is 0 Å². The summed E-state index contributed by atoms with van der Waals surface area (Å²) in [4.78, 5) is 19.7. The van der Waals surface area contributed by atoms with Crippen LogP contribution in [0.4, 0.5) is 5.69 Å². The number of hydrogen-bond donors (Lipinski definition) is 1. The molecule has 2 heterocycles. The Bertz CT molecular complexity index is 717. The SMILES string of the molecule is CC1(N2CCN=Cc3ccccc32)C=CC2OCOC2(N)C1=O. The molecule has 1 aromatic rings. The minimum Gasteiger partial charge on any atom is -0.353 e. The summed E-state index contributed by atoms with van der Waals surface area (Å²) >= 11 is 0. The lowest BCUT2D eigenvalue weighted by atomic mass is 9.79. The van der Waals surface area contributed by atoms with Crippen LogP contribution < -0.4 is 10.6 Å². The molecule has 3 aliphatic rings. The average molecular weight is 313 g/mol. The minimum atomic E-state index is -1.42. The van der Waals surface area contributed by atoms with Gasteiger partial charge in [0.05, 0.1) is 6.54 Å². The van der Waals surface area contributed by atoms with Gasteiger partial charge in [-0.3, -0.25) is 15.5 Å². The van der Waals surface area contributed by atoms with Crippen molar-refractivity contribution in [3.05, 3.63) is 42.0 Å². The second kappa shape index (κ2) is 4.99. The molecule has 1 saturated heterocycles. The number of benzene rings is 1. The number of carbonyl (C=O) groups is 1. The van der Waals surface area contributed by atoms with Crippen LogP contribution in [0.3, 0.4) is 0 Å². The lowest BCUT2D eigenvalue weighted by molar-refractivity contribution is -0.143. The normalized spacial score (nSPS) is 35.8. The van der Waals surface area contributed by atoms with Gasteiger partial charge in [-0.25, -0.2) is 0 Å². The Morgan fingerprint density at radius 3 is 3.09 bits per heavy atom. The highest BCUT2D eigenvalue weighted by Crippen LogP contribution is 2.38. The van der Waals surface area contributed by atoms with E-state index in [4.69, 9.17) is 15.2 Å². The second-order valence-electron chi connectivity index (χ2n) is 6.22. The largest absolute Gasteiger partial charge is 0.353 e. The fraction of sp³-hybridized carbons (Fsp3) is 0.412. The molecule has 1 aliphatic carbocycles. The van der Waals surface area contributed by atoms with Gasteiger partial charge in [-0.05, 0) is 13.0 Å². The van der Waals surface area contributed by atoms with Gasteiger partial charge in [-0.2, -0.15) is 0 Å². The molecule has 6 heteroatoms. The van der Waals surface area contributed by atoms with Crippen LogP contribution in [0.1, 0.15) is 12.5 Å². The molecule has 1 fully saturated rings. The highest BCUT2D eigenvalue weighted by Gasteiger charge is 2.58. The molecule has 23 heavy (non-hydrogen) atoms. The van der Waals surface area contributed by atoms with Crippen molar-refractivity contribution in [2.45, 2.75) is 24.3 Å². The molecule has 0 bridgehead atoms. The molecular weight excluding hydrogens is 294 g/mol. The van der Waals surface area contributed by atoms with Gasteiger partial charge in [-0.1, -0.05) is 30.4 Å². The monoisotopic (exact) mass is 313 g/mol. The second-order valence-corrected chi connectivity index (χ2v) is 6.22. The van der Waals surface area contributed by atoms with Crippen molar-refractivity contribution >= 4 is 17.7 Å². The molecule has 1 aromatic carbocycles. The van der Waals surface area contributed by atoms with E-state index in [9.17, 15) is 4.79 Å². The first kappa shape index (κ1) is 14.6. The molecular formula is C17H19N3O3. The Morgan fingerprint density at radius 2 is 2.22 bits per heavy atom. The van der Waals surface area contributed by atoms with Gasteiger partial charge < -0.3 is 14.4 Å². The maximum absolute atomic E-state index is 13.2. The van der Waals surface area contributed by atoms with E-state index >= 15 is 0 Å². The topological polar surface area (TPSA) is 77.2 Å². The van der Waals surface area contributed by atoms with Gasteiger partial charge in [0, 0.05) is 24.0 Å². The van der Waals surface area contributed by atoms with Gasteiger partial charge in [-0.15, -0.1) is 0 Å². The summed E-state index contributed by atoms with van der Waals surface area (Å²) < 4.78 is 10.9. The number of nitrogens with zero attached hydrogens (tertiary/aromatic N) is 2. The summed E-state index contributed by atoms with van der Waals surface area (Å²) in [6.45, 7) is 3.15. The van der Waals surface area contributed by atoms with Gasteiger partial charge in [0.1, 0.15) is 11.6 Å². The lowest BCUT2D eigenvalue weighted by Crippen LogP contribution is -2.69. The fourth-order valence-corrected chi connectivity index (χ4v) is 3.53. The third-order valence-corrected chi connectivity index (χ3v) is 4.85. The number of anilines is 1. The van der Waals surface area contributed by atoms with Crippen molar-refractivity contribution in [2.75, 3.05) is 24.8 Å². The number of rotatable bonds is 1. The number of benzodiazepines with no additional fused rings is 1. The van der Waals surface area contributed by atoms with Crippen molar-refractivity contribution in [1.29, 1.82) is 0 Å². The van der Waals surface area contributed by atoms with Crippen LogP contribution in [-0.2, 0) is 14.3 Å². The van der Waals surface area contributed by atoms with E-state index in [2.05, 4.69) is 9.89 Å². The lowest BCUT2D eigenvalue weighted by Gasteiger charge is -2.45. The van der Waals surface area contributed by atoms with Gasteiger partial charge in [0.2, 0.25) is 11.5 Å². The van der Waals surface area contributed by atoms with Crippen LogP contribution in [0, 0.1) is 0 Å². The van der Waals surface area contributed by atoms with Gasteiger partial charge in [0.15, 0.2) is 6.79 Å². The van der Waals surface area contributed by atoms with E-state index in [0.717, 1.165) is 11.3 Å². The number of ether oxygens (including phenoxy) is 2. The van der Waals surface area contributed by atoms with Crippen molar-refractivity contribution in [3.8, 4) is 0 Å². The first-order chi connectivity index (χ1) is 11.1. The van der Waals surface area contributed by atoms with Crippen molar-refractivity contribution in [1.82, 2.24) is 0 Å². The summed E-state index contributed by atoms with van der Waals surface area (Å²) in [5.74, 6) is -0.188. The molecule has 120 valence electrons. The molecule has 6 nitrogen and oxygen atoms in total. The van der Waals surface area contributed by atoms with E-state index in [1.807, 2.05) is 49.6 Å². The zero-order valence-electron chi connectivity index (χ0n) is 12.9. The molecule has 0 radical (unpaired) electrons. The summed E-state index contributed by atoms with van der Waals surface area (Å²) in [5, 5.41) is 0. The molecule has 4 rings (SSSR count). The molecule has 0 amide bonds. The minimum absolute atomic E-state index is 0.0347.